The smallest absolute Gasteiger partial charge is 0.253 e. The van der Waals surface area contributed by atoms with Gasteiger partial charge in [0.25, 0.3) is 5.91 Å². The summed E-state index contributed by atoms with van der Waals surface area (Å²) in [6.45, 7) is 9.28. The first-order chi connectivity index (χ1) is 15.5. The summed E-state index contributed by atoms with van der Waals surface area (Å²) in [6.07, 6.45) is 0. The number of aryl methyl sites for hydroxylation is 2. The van der Waals surface area contributed by atoms with Crippen LogP contribution in [-0.4, -0.2) is 64.8 Å². The Morgan fingerprint density at radius 3 is 2.41 bits per heavy atom. The summed E-state index contributed by atoms with van der Waals surface area (Å²) in [5, 5.41) is 5.14. The van der Waals surface area contributed by atoms with Crippen molar-refractivity contribution in [3.63, 3.8) is 0 Å². The standard InChI is InChI=1S/C25H29ClN4O2/c1-19-17-20(2)30(27-19)18-21-7-9-22(10-8-21)25(31)29-13-11-28(12-14-29)15-16-32-24-6-4-3-5-23(24)26/h3-10,17H,11-16,18H2,1-2H3. The highest BCUT2D eigenvalue weighted by Crippen LogP contribution is 2.23. The van der Waals surface area contributed by atoms with Crippen LogP contribution in [0.4, 0.5) is 0 Å². The fourth-order valence-electron chi connectivity index (χ4n) is 3.96. The van der Waals surface area contributed by atoms with Crippen LogP contribution >= 0.6 is 11.6 Å². The van der Waals surface area contributed by atoms with Gasteiger partial charge in [0.05, 0.1) is 17.3 Å². The topological polar surface area (TPSA) is 50.6 Å². The Balaban J connectivity index is 1.24. The molecule has 0 N–H and O–H groups in total. The lowest BCUT2D eigenvalue weighted by molar-refractivity contribution is 0.0620. The Kier molecular flexibility index (Phi) is 7.12. The molecule has 1 aromatic heterocycles. The highest BCUT2D eigenvalue weighted by atomic mass is 35.5. The minimum Gasteiger partial charge on any atom is -0.491 e. The predicted molar refractivity (Wildman–Crippen MR) is 127 cm³/mol. The van der Waals surface area contributed by atoms with Gasteiger partial charge in [0, 0.05) is 44.0 Å². The van der Waals surface area contributed by atoms with E-state index in [9.17, 15) is 4.79 Å². The van der Waals surface area contributed by atoms with Crippen LogP contribution in [-0.2, 0) is 6.54 Å². The third kappa shape index (κ3) is 5.50. The van der Waals surface area contributed by atoms with E-state index in [0.717, 1.165) is 55.2 Å². The average Bonchev–Trinajstić information content (AvgIpc) is 3.12. The van der Waals surface area contributed by atoms with Crippen LogP contribution in [0, 0.1) is 13.8 Å². The summed E-state index contributed by atoms with van der Waals surface area (Å²) in [4.78, 5) is 17.2. The Hall–Kier alpha value is -2.83. The summed E-state index contributed by atoms with van der Waals surface area (Å²) < 4.78 is 7.77. The number of piperazine rings is 1. The maximum absolute atomic E-state index is 12.9. The van der Waals surface area contributed by atoms with Gasteiger partial charge in [-0.3, -0.25) is 14.4 Å². The second-order valence-corrected chi connectivity index (χ2v) is 8.60. The lowest BCUT2D eigenvalue weighted by Crippen LogP contribution is -2.49. The summed E-state index contributed by atoms with van der Waals surface area (Å²) in [7, 11) is 0. The van der Waals surface area contributed by atoms with Crippen molar-refractivity contribution in [2.75, 3.05) is 39.3 Å². The first kappa shape index (κ1) is 22.4. The Labute approximate surface area is 194 Å². The van der Waals surface area contributed by atoms with Crippen LogP contribution in [0.5, 0.6) is 5.75 Å². The number of halogens is 1. The molecule has 4 rings (SSSR count). The van der Waals surface area contributed by atoms with Gasteiger partial charge >= 0.3 is 0 Å². The van der Waals surface area contributed by atoms with Crippen LogP contribution in [0.1, 0.15) is 27.3 Å². The fourth-order valence-corrected chi connectivity index (χ4v) is 4.15. The highest BCUT2D eigenvalue weighted by molar-refractivity contribution is 6.32. The van der Waals surface area contributed by atoms with Gasteiger partial charge in [-0.1, -0.05) is 35.9 Å². The van der Waals surface area contributed by atoms with Crippen molar-refractivity contribution < 1.29 is 9.53 Å². The van der Waals surface area contributed by atoms with E-state index in [1.807, 2.05) is 65.0 Å². The maximum atomic E-state index is 12.9. The molecule has 6 nitrogen and oxygen atoms in total. The van der Waals surface area contributed by atoms with E-state index in [4.69, 9.17) is 16.3 Å². The molecule has 0 aliphatic carbocycles. The zero-order chi connectivity index (χ0) is 22.5. The number of aromatic nitrogens is 2. The molecule has 0 unspecified atom stereocenters. The molecular formula is C25H29ClN4O2. The minimum atomic E-state index is 0.0923. The second-order valence-electron chi connectivity index (χ2n) is 8.19. The normalized spacial score (nSPS) is 14.5. The molecule has 1 aliphatic heterocycles. The molecule has 0 atom stereocenters. The number of carbonyl (C=O) groups excluding carboxylic acids is 1. The fraction of sp³-hybridized carbons (Fsp3) is 0.360. The van der Waals surface area contributed by atoms with E-state index in [1.54, 1.807) is 0 Å². The molecule has 1 saturated heterocycles. The number of hydrogen-bond donors (Lipinski definition) is 0. The third-order valence-electron chi connectivity index (χ3n) is 5.80. The van der Waals surface area contributed by atoms with E-state index >= 15 is 0 Å². The van der Waals surface area contributed by atoms with E-state index in [2.05, 4.69) is 23.0 Å². The summed E-state index contributed by atoms with van der Waals surface area (Å²) in [6, 6.07) is 17.5. The summed E-state index contributed by atoms with van der Waals surface area (Å²) >= 11 is 6.13. The monoisotopic (exact) mass is 452 g/mol. The molecule has 2 heterocycles. The zero-order valence-electron chi connectivity index (χ0n) is 18.6. The van der Waals surface area contributed by atoms with Crippen LogP contribution in [0.3, 0.4) is 0 Å². The number of nitrogens with zero attached hydrogens (tertiary/aromatic N) is 4. The SMILES string of the molecule is Cc1cc(C)n(Cc2ccc(C(=O)N3CCN(CCOc4ccccc4Cl)CC3)cc2)n1. The van der Waals surface area contributed by atoms with Gasteiger partial charge in [0.2, 0.25) is 0 Å². The van der Waals surface area contributed by atoms with Crippen LogP contribution < -0.4 is 4.74 Å². The van der Waals surface area contributed by atoms with Crippen molar-refractivity contribution in [1.29, 1.82) is 0 Å². The van der Waals surface area contributed by atoms with Crippen molar-refractivity contribution >= 4 is 17.5 Å². The van der Waals surface area contributed by atoms with Crippen molar-refractivity contribution in [1.82, 2.24) is 19.6 Å². The van der Waals surface area contributed by atoms with Gasteiger partial charge < -0.3 is 9.64 Å². The first-order valence-corrected chi connectivity index (χ1v) is 11.4. The van der Waals surface area contributed by atoms with Crippen LogP contribution in [0.15, 0.2) is 54.6 Å². The second kappa shape index (κ2) is 10.2. The Morgan fingerprint density at radius 1 is 1.03 bits per heavy atom. The van der Waals surface area contributed by atoms with Crippen molar-refractivity contribution in [2.24, 2.45) is 0 Å². The molecule has 0 saturated carbocycles. The van der Waals surface area contributed by atoms with Crippen LogP contribution in [0.25, 0.3) is 0 Å². The molecule has 1 fully saturated rings. The van der Waals surface area contributed by atoms with E-state index in [0.29, 0.717) is 23.9 Å². The molecule has 32 heavy (non-hydrogen) atoms. The molecule has 0 bridgehead atoms. The largest absolute Gasteiger partial charge is 0.491 e. The number of hydrogen-bond acceptors (Lipinski definition) is 4. The van der Waals surface area contributed by atoms with Gasteiger partial charge in [-0.15, -0.1) is 0 Å². The van der Waals surface area contributed by atoms with Crippen molar-refractivity contribution in [2.45, 2.75) is 20.4 Å². The maximum Gasteiger partial charge on any atom is 0.253 e. The molecule has 168 valence electrons. The number of carbonyl (C=O) groups is 1. The average molecular weight is 453 g/mol. The number of amides is 1. The number of para-hydroxylation sites is 1. The van der Waals surface area contributed by atoms with Gasteiger partial charge in [0.1, 0.15) is 12.4 Å². The number of rotatable bonds is 7. The molecule has 0 radical (unpaired) electrons. The molecule has 1 aliphatic rings. The zero-order valence-corrected chi connectivity index (χ0v) is 19.4. The first-order valence-electron chi connectivity index (χ1n) is 11.0. The molecule has 0 spiro atoms. The van der Waals surface area contributed by atoms with E-state index < -0.39 is 0 Å². The third-order valence-corrected chi connectivity index (χ3v) is 6.11. The van der Waals surface area contributed by atoms with Gasteiger partial charge in [0.15, 0.2) is 0 Å². The molecule has 3 aromatic rings. The molecule has 7 heteroatoms. The van der Waals surface area contributed by atoms with Crippen LogP contribution in [0.2, 0.25) is 5.02 Å². The summed E-state index contributed by atoms with van der Waals surface area (Å²) in [5.41, 5.74) is 4.02. The highest BCUT2D eigenvalue weighted by Gasteiger charge is 2.22. The van der Waals surface area contributed by atoms with Crippen molar-refractivity contribution in [3.8, 4) is 5.75 Å². The summed E-state index contributed by atoms with van der Waals surface area (Å²) in [5.74, 6) is 0.805. The van der Waals surface area contributed by atoms with E-state index in [-0.39, 0.29) is 5.91 Å². The minimum absolute atomic E-state index is 0.0923. The molecular weight excluding hydrogens is 424 g/mol. The lowest BCUT2D eigenvalue weighted by Gasteiger charge is -2.34. The lowest BCUT2D eigenvalue weighted by atomic mass is 10.1. The number of ether oxygens (including phenoxy) is 1. The Bertz CT molecular complexity index is 1060. The quantitative estimate of drug-likeness (QED) is 0.543. The van der Waals surface area contributed by atoms with Crippen molar-refractivity contribution in [3.05, 3.63) is 82.1 Å². The number of benzene rings is 2. The van der Waals surface area contributed by atoms with Gasteiger partial charge in [-0.25, -0.2) is 0 Å². The Morgan fingerprint density at radius 2 is 1.75 bits per heavy atom. The predicted octanol–water partition coefficient (Wildman–Crippen LogP) is 4.04. The van der Waals surface area contributed by atoms with E-state index in [1.165, 1.54) is 0 Å². The van der Waals surface area contributed by atoms with Gasteiger partial charge in [-0.05, 0) is 49.7 Å². The van der Waals surface area contributed by atoms with Gasteiger partial charge in [-0.2, -0.15) is 5.10 Å². The molecule has 2 aromatic carbocycles. The molecule has 1 amide bonds.